The fourth-order valence-corrected chi connectivity index (χ4v) is 2.03. The summed E-state index contributed by atoms with van der Waals surface area (Å²) in [6, 6.07) is 10.8. The van der Waals surface area contributed by atoms with Crippen molar-refractivity contribution in [3.05, 3.63) is 58.0 Å². The molecule has 1 aromatic heterocycles. The molecule has 0 amide bonds. The van der Waals surface area contributed by atoms with Gasteiger partial charge in [-0.2, -0.15) is 5.10 Å². The third-order valence-corrected chi connectivity index (χ3v) is 3.02. The Bertz CT molecular complexity index is 680. The number of ether oxygens (including phenoxy) is 1. The molecule has 1 heterocycles. The van der Waals surface area contributed by atoms with Crippen LogP contribution in [0.2, 0.25) is 0 Å². The Morgan fingerprint density at radius 3 is 2.67 bits per heavy atom. The van der Waals surface area contributed by atoms with Gasteiger partial charge < -0.3 is 10.5 Å². The van der Waals surface area contributed by atoms with Crippen LogP contribution in [0.3, 0.4) is 0 Å². The lowest BCUT2D eigenvalue weighted by Gasteiger charge is -2.08. The first-order valence-corrected chi connectivity index (χ1v) is 7.00. The molecular weight excluding hydrogens is 286 g/mol. The molecule has 2 rings (SSSR count). The minimum atomic E-state index is -0.129. The maximum Gasteiger partial charge on any atom is 0.266 e. The molecule has 0 bridgehead atoms. The van der Waals surface area contributed by atoms with Crippen LogP contribution in [0.25, 0.3) is 0 Å². The lowest BCUT2D eigenvalue weighted by atomic mass is 10.1. The third-order valence-electron chi connectivity index (χ3n) is 2.87. The van der Waals surface area contributed by atoms with Crippen LogP contribution >= 0.6 is 12.2 Å². The van der Waals surface area contributed by atoms with Crippen LogP contribution in [0.4, 0.5) is 0 Å². The van der Waals surface area contributed by atoms with E-state index in [2.05, 4.69) is 5.10 Å². The van der Waals surface area contributed by atoms with E-state index in [-0.39, 0.29) is 5.56 Å². The van der Waals surface area contributed by atoms with E-state index in [0.29, 0.717) is 24.6 Å². The number of thiocarbonyl (C=S) groups is 1. The van der Waals surface area contributed by atoms with Gasteiger partial charge in [-0.15, -0.1) is 0 Å². The second kappa shape index (κ2) is 6.99. The van der Waals surface area contributed by atoms with Crippen molar-refractivity contribution in [1.29, 1.82) is 0 Å². The average molecular weight is 303 g/mol. The molecular formula is C15H17N3O2S. The maximum absolute atomic E-state index is 11.6. The molecule has 110 valence electrons. The summed E-state index contributed by atoms with van der Waals surface area (Å²) in [6.45, 7) is 2.64. The molecule has 0 radical (unpaired) electrons. The highest BCUT2D eigenvalue weighted by atomic mass is 32.1. The van der Waals surface area contributed by atoms with Gasteiger partial charge in [0.05, 0.1) is 17.2 Å². The number of benzene rings is 1. The van der Waals surface area contributed by atoms with Crippen molar-refractivity contribution < 1.29 is 4.74 Å². The van der Waals surface area contributed by atoms with Crippen molar-refractivity contribution in [3.63, 3.8) is 0 Å². The van der Waals surface area contributed by atoms with Crippen LogP contribution < -0.4 is 16.0 Å². The average Bonchev–Trinajstić information content (AvgIpc) is 2.44. The molecule has 6 heteroatoms. The van der Waals surface area contributed by atoms with Gasteiger partial charge in [0.2, 0.25) is 0 Å². The number of hydrogen-bond donors (Lipinski definition) is 1. The van der Waals surface area contributed by atoms with Gasteiger partial charge in [0.15, 0.2) is 0 Å². The number of hydrogen-bond acceptors (Lipinski definition) is 4. The van der Waals surface area contributed by atoms with Crippen molar-refractivity contribution >= 4 is 17.2 Å². The third kappa shape index (κ3) is 4.68. The normalized spacial score (nSPS) is 10.3. The van der Waals surface area contributed by atoms with Crippen molar-refractivity contribution in [3.8, 4) is 5.75 Å². The van der Waals surface area contributed by atoms with E-state index in [1.54, 1.807) is 6.07 Å². The van der Waals surface area contributed by atoms with Gasteiger partial charge in [-0.3, -0.25) is 4.79 Å². The van der Waals surface area contributed by atoms with Crippen LogP contribution in [-0.2, 0) is 13.0 Å². The molecule has 0 fully saturated rings. The second-order valence-corrected chi connectivity index (χ2v) is 5.20. The first kappa shape index (κ1) is 15.2. The zero-order valence-electron chi connectivity index (χ0n) is 11.8. The van der Waals surface area contributed by atoms with E-state index in [1.807, 2.05) is 31.2 Å². The topological polar surface area (TPSA) is 70.1 Å². The Kier molecular flexibility index (Phi) is 5.05. The van der Waals surface area contributed by atoms with Crippen LogP contribution in [0.1, 0.15) is 11.3 Å². The predicted octanol–water partition coefficient (Wildman–Crippen LogP) is 1.46. The van der Waals surface area contributed by atoms with Crippen molar-refractivity contribution in [2.75, 3.05) is 6.61 Å². The number of nitrogens with zero attached hydrogens (tertiary/aromatic N) is 2. The highest BCUT2D eigenvalue weighted by Crippen LogP contribution is 2.12. The second-order valence-electron chi connectivity index (χ2n) is 4.67. The van der Waals surface area contributed by atoms with Gasteiger partial charge in [0.1, 0.15) is 12.4 Å². The van der Waals surface area contributed by atoms with E-state index in [1.165, 1.54) is 10.7 Å². The summed E-state index contributed by atoms with van der Waals surface area (Å²) in [5.74, 6) is 0.738. The SMILES string of the molecule is Cc1ccc(=O)n(CCOc2ccc(CC(N)=S)cc2)n1. The van der Waals surface area contributed by atoms with E-state index >= 15 is 0 Å². The van der Waals surface area contributed by atoms with Crippen molar-refractivity contribution in [1.82, 2.24) is 9.78 Å². The fraction of sp³-hybridized carbons (Fsp3) is 0.267. The fourth-order valence-electron chi connectivity index (χ4n) is 1.87. The molecule has 0 aliphatic carbocycles. The van der Waals surface area contributed by atoms with Crippen LogP contribution in [0.15, 0.2) is 41.2 Å². The van der Waals surface area contributed by atoms with Crippen LogP contribution in [0.5, 0.6) is 5.75 Å². The summed E-state index contributed by atoms with van der Waals surface area (Å²) in [7, 11) is 0. The van der Waals surface area contributed by atoms with Crippen LogP contribution in [-0.4, -0.2) is 21.4 Å². The van der Waals surface area contributed by atoms with Gasteiger partial charge >= 0.3 is 0 Å². The highest BCUT2D eigenvalue weighted by molar-refractivity contribution is 7.80. The van der Waals surface area contributed by atoms with E-state index < -0.39 is 0 Å². The Morgan fingerprint density at radius 2 is 2.00 bits per heavy atom. The minimum Gasteiger partial charge on any atom is -0.492 e. The predicted molar refractivity (Wildman–Crippen MR) is 85.7 cm³/mol. The molecule has 0 aliphatic heterocycles. The molecule has 5 nitrogen and oxygen atoms in total. The molecule has 0 atom stereocenters. The zero-order valence-corrected chi connectivity index (χ0v) is 12.6. The van der Waals surface area contributed by atoms with E-state index in [4.69, 9.17) is 22.7 Å². The molecule has 2 N–H and O–H groups in total. The number of rotatable bonds is 6. The summed E-state index contributed by atoms with van der Waals surface area (Å²) in [4.78, 5) is 12.0. The van der Waals surface area contributed by atoms with Gasteiger partial charge in [-0.1, -0.05) is 24.4 Å². The Balaban J connectivity index is 1.90. The van der Waals surface area contributed by atoms with Crippen molar-refractivity contribution in [2.24, 2.45) is 5.73 Å². The molecule has 0 spiro atoms. The molecule has 0 saturated heterocycles. The van der Waals surface area contributed by atoms with Gasteiger partial charge in [0.25, 0.3) is 5.56 Å². The molecule has 0 aliphatic rings. The zero-order chi connectivity index (χ0) is 15.2. The van der Waals surface area contributed by atoms with E-state index in [0.717, 1.165) is 17.0 Å². The minimum absolute atomic E-state index is 0.129. The lowest BCUT2D eigenvalue weighted by Crippen LogP contribution is -2.25. The summed E-state index contributed by atoms with van der Waals surface area (Å²) in [5.41, 5.74) is 7.22. The van der Waals surface area contributed by atoms with Gasteiger partial charge in [-0.25, -0.2) is 4.68 Å². The maximum atomic E-state index is 11.6. The van der Waals surface area contributed by atoms with Crippen LogP contribution in [0, 0.1) is 6.92 Å². The first-order valence-electron chi connectivity index (χ1n) is 6.59. The number of aromatic nitrogens is 2. The largest absolute Gasteiger partial charge is 0.492 e. The number of nitrogens with two attached hydrogens (primary N) is 1. The Labute approximate surface area is 128 Å². The summed E-state index contributed by atoms with van der Waals surface area (Å²) >= 11 is 4.86. The molecule has 2 aromatic rings. The summed E-state index contributed by atoms with van der Waals surface area (Å²) in [5, 5.41) is 4.15. The van der Waals surface area contributed by atoms with E-state index in [9.17, 15) is 4.79 Å². The van der Waals surface area contributed by atoms with Gasteiger partial charge in [-0.05, 0) is 30.7 Å². The molecule has 0 saturated carbocycles. The highest BCUT2D eigenvalue weighted by Gasteiger charge is 2.00. The smallest absolute Gasteiger partial charge is 0.266 e. The quantitative estimate of drug-likeness (QED) is 0.818. The van der Waals surface area contributed by atoms with Crippen molar-refractivity contribution in [2.45, 2.75) is 19.9 Å². The monoisotopic (exact) mass is 303 g/mol. The summed E-state index contributed by atoms with van der Waals surface area (Å²) < 4.78 is 7.00. The Morgan fingerprint density at radius 1 is 1.29 bits per heavy atom. The number of aryl methyl sites for hydroxylation is 1. The molecule has 1 aromatic carbocycles. The summed E-state index contributed by atoms with van der Waals surface area (Å²) in [6.07, 6.45) is 0.582. The molecule has 21 heavy (non-hydrogen) atoms. The lowest BCUT2D eigenvalue weighted by molar-refractivity contribution is 0.287. The van der Waals surface area contributed by atoms with Gasteiger partial charge in [0, 0.05) is 12.5 Å². The Hall–Kier alpha value is -2.21. The standard InChI is InChI=1S/C15H17N3O2S/c1-11-2-7-15(19)18(17-11)8-9-20-13-5-3-12(4-6-13)10-14(16)21/h2-7H,8-10H2,1H3,(H2,16,21). The molecule has 0 unspecified atom stereocenters. The first-order chi connectivity index (χ1) is 10.0.